The predicted molar refractivity (Wildman–Crippen MR) is 147 cm³/mol. The zero-order chi connectivity index (χ0) is 32.6. The molecule has 2 aromatic heterocycles. The van der Waals surface area contributed by atoms with Crippen LogP contribution in [0.1, 0.15) is 64.3 Å². The van der Waals surface area contributed by atoms with Crippen LogP contribution in [0.4, 0.5) is 27.6 Å². The van der Waals surface area contributed by atoms with Gasteiger partial charge in [-0.25, -0.2) is 4.68 Å². The van der Waals surface area contributed by atoms with Gasteiger partial charge < -0.3 is 10.6 Å². The lowest BCUT2D eigenvalue weighted by Gasteiger charge is -2.22. The van der Waals surface area contributed by atoms with E-state index < -0.39 is 41.8 Å². The average molecular weight is 636 g/mol. The number of rotatable bonds is 7. The molecule has 0 atom stereocenters. The third-order valence-electron chi connectivity index (χ3n) is 5.90. The van der Waals surface area contributed by atoms with Gasteiger partial charge in [0.15, 0.2) is 0 Å². The molecular weight excluding hydrogens is 613 g/mol. The van der Waals surface area contributed by atoms with Crippen molar-refractivity contribution in [3.8, 4) is 11.8 Å². The van der Waals surface area contributed by atoms with Gasteiger partial charge in [0, 0.05) is 5.54 Å². The third-order valence-corrected chi connectivity index (χ3v) is 6.22. The van der Waals surface area contributed by atoms with E-state index in [4.69, 9.17) is 11.6 Å². The Morgan fingerprint density at radius 3 is 2.32 bits per heavy atom. The van der Waals surface area contributed by atoms with Crippen molar-refractivity contribution >= 4 is 29.1 Å². The second-order valence-corrected chi connectivity index (χ2v) is 11.0. The maximum absolute atomic E-state index is 13.7. The summed E-state index contributed by atoms with van der Waals surface area (Å²) >= 11 is 6.34. The van der Waals surface area contributed by atoms with Crippen LogP contribution in [-0.4, -0.2) is 53.5 Å². The van der Waals surface area contributed by atoms with Crippen molar-refractivity contribution < 1.29 is 31.5 Å². The molecule has 4 aromatic rings. The normalized spacial score (nSPS) is 12.1. The molecule has 0 unspecified atom stereocenters. The summed E-state index contributed by atoms with van der Waals surface area (Å²) in [4.78, 5) is 27.3. The second-order valence-electron chi connectivity index (χ2n) is 10.6. The molecule has 2 amide bonds. The van der Waals surface area contributed by atoms with Crippen molar-refractivity contribution in [3.63, 3.8) is 0 Å². The molecule has 2 N–H and O–H groups in total. The number of hydrogen-bond acceptors (Lipinski definition) is 7. The Labute approximate surface area is 251 Å². The van der Waals surface area contributed by atoms with Crippen LogP contribution in [0.25, 0.3) is 5.69 Å². The number of carbonyl (C=O) groups is 2. The molecule has 2 heterocycles. The monoisotopic (exact) mass is 635 g/mol. The summed E-state index contributed by atoms with van der Waals surface area (Å²) in [7, 11) is 0. The van der Waals surface area contributed by atoms with Crippen LogP contribution in [0.15, 0.2) is 42.5 Å². The zero-order valence-electron chi connectivity index (χ0n) is 23.5. The van der Waals surface area contributed by atoms with Gasteiger partial charge in [0.05, 0.1) is 39.3 Å². The largest absolute Gasteiger partial charge is 0.461 e. The molecule has 0 fully saturated rings. The van der Waals surface area contributed by atoms with Crippen LogP contribution in [0, 0.1) is 18.3 Å². The van der Waals surface area contributed by atoms with E-state index in [0.717, 1.165) is 4.68 Å². The smallest absolute Gasteiger partial charge is 0.347 e. The highest BCUT2D eigenvalue weighted by Gasteiger charge is 2.62. The van der Waals surface area contributed by atoms with E-state index in [-0.39, 0.29) is 38.9 Å². The first-order chi connectivity index (χ1) is 20.4. The number of amides is 2. The van der Waals surface area contributed by atoms with Gasteiger partial charge in [0.2, 0.25) is 0 Å². The molecule has 0 radical (unpaired) electrons. The Kier molecular flexibility index (Phi) is 8.47. The second kappa shape index (κ2) is 11.6. The van der Waals surface area contributed by atoms with Crippen LogP contribution in [0.3, 0.4) is 0 Å². The molecule has 17 heteroatoms. The maximum atomic E-state index is 13.7. The van der Waals surface area contributed by atoms with E-state index in [2.05, 4.69) is 31.1 Å². The summed E-state index contributed by atoms with van der Waals surface area (Å²) < 4.78 is 66.8. The summed E-state index contributed by atoms with van der Waals surface area (Å²) in [6.45, 7) is 6.31. The average Bonchev–Trinajstić information content (AvgIpc) is 3.56. The molecule has 11 nitrogen and oxygen atoms in total. The molecule has 0 aliphatic carbocycles. The van der Waals surface area contributed by atoms with E-state index in [0.29, 0.717) is 10.4 Å². The number of nitrogens with one attached hydrogen (secondary N) is 2. The fourth-order valence-electron chi connectivity index (χ4n) is 3.97. The van der Waals surface area contributed by atoms with E-state index in [1.807, 2.05) is 6.07 Å². The van der Waals surface area contributed by atoms with E-state index in [1.54, 1.807) is 39.8 Å². The Bertz CT molecular complexity index is 1790. The van der Waals surface area contributed by atoms with Crippen molar-refractivity contribution in [1.82, 2.24) is 35.3 Å². The van der Waals surface area contributed by atoms with Gasteiger partial charge >= 0.3 is 12.1 Å². The number of aromatic nitrogens is 6. The minimum absolute atomic E-state index is 0.0128. The van der Waals surface area contributed by atoms with E-state index in [1.165, 1.54) is 30.3 Å². The van der Waals surface area contributed by atoms with E-state index >= 15 is 0 Å². The molecule has 0 saturated carbocycles. The topological polar surface area (TPSA) is 143 Å². The first-order valence-electron chi connectivity index (χ1n) is 12.7. The number of halogens is 6. The molecule has 0 spiro atoms. The molecule has 0 aliphatic heterocycles. The highest BCUT2D eigenvalue weighted by atomic mass is 35.5. The van der Waals surface area contributed by atoms with Crippen molar-refractivity contribution in [2.75, 3.05) is 5.32 Å². The first-order valence-corrected chi connectivity index (χ1v) is 13.0. The number of aryl methyl sites for hydroxylation is 1. The fraction of sp³-hybridized carbons (Fsp3) is 0.296. The minimum Gasteiger partial charge on any atom is -0.347 e. The number of nitrogens with zero attached hydrogens (tertiary/aromatic N) is 7. The van der Waals surface area contributed by atoms with Gasteiger partial charge in [-0.1, -0.05) is 23.7 Å². The number of nitriles is 1. The number of benzene rings is 2. The SMILES string of the molecule is Cc1cc(C#N)cc(C(=O)NC(C)(C)C)c1NC(=O)c1cc(Cn2nnc(C(F)(F)C(F)(F)F)n2)nn1-c1ccccc1Cl. The number of hydrogen-bond donors (Lipinski definition) is 2. The molecule has 0 saturated heterocycles. The van der Waals surface area contributed by atoms with Gasteiger partial charge in [-0.15, -0.1) is 10.2 Å². The van der Waals surface area contributed by atoms with Gasteiger partial charge in [-0.3, -0.25) is 9.59 Å². The van der Waals surface area contributed by atoms with Crippen molar-refractivity contribution in [2.24, 2.45) is 0 Å². The highest BCUT2D eigenvalue weighted by Crippen LogP contribution is 2.41. The van der Waals surface area contributed by atoms with Crippen LogP contribution in [0.5, 0.6) is 0 Å². The molecule has 4 rings (SSSR count). The molecule has 0 aliphatic rings. The number of anilines is 1. The van der Waals surface area contributed by atoms with Gasteiger partial charge in [-0.05, 0) is 68.8 Å². The third kappa shape index (κ3) is 6.67. The number of tetrazole rings is 1. The summed E-state index contributed by atoms with van der Waals surface area (Å²) in [5.41, 5.74) is 0.0793. The summed E-state index contributed by atoms with van der Waals surface area (Å²) in [5, 5.41) is 28.6. The Hall–Kier alpha value is -4.91. The molecule has 44 heavy (non-hydrogen) atoms. The summed E-state index contributed by atoms with van der Waals surface area (Å²) in [6.07, 6.45) is -5.94. The molecular formula is C27H23ClF5N9O2. The standard InChI is InChI=1S/C27H23ClF5N9O2/c1-14-9-15(12-34)10-17(22(43)36-25(2,3)4)21(14)35-23(44)20-11-16(38-42(20)19-8-6-5-7-18(19)28)13-41-39-24(37-40-41)26(29,30)27(31,32)33/h5-11H,13H2,1-4H3,(H,35,44)(H,36,43). The van der Waals surface area contributed by atoms with Crippen LogP contribution >= 0.6 is 11.6 Å². The van der Waals surface area contributed by atoms with Crippen molar-refractivity contribution in [2.45, 2.75) is 51.9 Å². The Morgan fingerprint density at radius 2 is 1.70 bits per heavy atom. The van der Waals surface area contributed by atoms with E-state index in [9.17, 15) is 36.8 Å². The molecule has 2 aromatic carbocycles. The fourth-order valence-corrected chi connectivity index (χ4v) is 4.18. The highest BCUT2D eigenvalue weighted by molar-refractivity contribution is 6.32. The van der Waals surface area contributed by atoms with Crippen molar-refractivity contribution in [3.05, 3.63) is 81.4 Å². The molecule has 230 valence electrons. The summed E-state index contributed by atoms with van der Waals surface area (Å²) in [6, 6.07) is 12.3. The lowest BCUT2D eigenvalue weighted by atomic mass is 10.0. The summed E-state index contributed by atoms with van der Waals surface area (Å²) in [5.74, 6) is -8.55. The number of alkyl halides is 5. The number of para-hydroxylation sites is 1. The van der Waals surface area contributed by atoms with Gasteiger partial charge in [-0.2, -0.15) is 37.1 Å². The number of carbonyl (C=O) groups excluding carboxylic acids is 2. The van der Waals surface area contributed by atoms with Crippen molar-refractivity contribution in [1.29, 1.82) is 5.26 Å². The minimum atomic E-state index is -5.94. The lowest BCUT2D eigenvalue weighted by Crippen LogP contribution is -2.41. The van der Waals surface area contributed by atoms with Crippen LogP contribution in [0.2, 0.25) is 5.02 Å². The maximum Gasteiger partial charge on any atom is 0.461 e. The lowest BCUT2D eigenvalue weighted by molar-refractivity contribution is -0.292. The van der Waals surface area contributed by atoms with Crippen LogP contribution < -0.4 is 10.6 Å². The Morgan fingerprint density at radius 1 is 1.02 bits per heavy atom. The van der Waals surface area contributed by atoms with Gasteiger partial charge in [0.25, 0.3) is 17.6 Å². The predicted octanol–water partition coefficient (Wildman–Crippen LogP) is 5.18. The Balaban J connectivity index is 1.75. The first kappa shape index (κ1) is 32.0. The van der Waals surface area contributed by atoms with Crippen LogP contribution in [-0.2, 0) is 12.5 Å². The molecule has 0 bridgehead atoms. The quantitative estimate of drug-likeness (QED) is 0.267. The van der Waals surface area contributed by atoms with Gasteiger partial charge in [0.1, 0.15) is 12.2 Å². The zero-order valence-corrected chi connectivity index (χ0v) is 24.2.